The van der Waals surface area contributed by atoms with Crippen molar-refractivity contribution in [1.82, 2.24) is 25.1 Å². The van der Waals surface area contributed by atoms with Crippen molar-refractivity contribution in [3.8, 4) is 11.1 Å². The normalized spacial score (nSPS) is 31.5. The molecule has 0 aliphatic heterocycles. The minimum absolute atomic E-state index is 0.00868. The van der Waals surface area contributed by atoms with Gasteiger partial charge < -0.3 is 4.52 Å². The Kier molecular flexibility index (Phi) is 6.06. The first-order chi connectivity index (χ1) is 21.9. The van der Waals surface area contributed by atoms with Gasteiger partial charge in [0.25, 0.3) is 0 Å². The van der Waals surface area contributed by atoms with E-state index in [-0.39, 0.29) is 27.6 Å². The molecular formula is C36H41FN6O2S. The summed E-state index contributed by atoms with van der Waals surface area (Å²) in [6.45, 7) is 6.93. The Morgan fingerprint density at radius 3 is 2.39 bits per heavy atom. The van der Waals surface area contributed by atoms with Crippen LogP contribution in [-0.2, 0) is 15.6 Å². The van der Waals surface area contributed by atoms with Crippen LogP contribution in [-0.4, -0.2) is 43.2 Å². The summed E-state index contributed by atoms with van der Waals surface area (Å²) >= 11 is 1.74. The number of carbonyl (C=O) groups is 1. The van der Waals surface area contributed by atoms with Crippen LogP contribution < -0.4 is 4.90 Å². The molecule has 4 heterocycles. The number of alkyl halides is 1. The van der Waals surface area contributed by atoms with E-state index >= 15 is 0 Å². The van der Waals surface area contributed by atoms with Crippen LogP contribution in [0.1, 0.15) is 120 Å². The van der Waals surface area contributed by atoms with Crippen LogP contribution in [0.3, 0.4) is 0 Å². The van der Waals surface area contributed by atoms with Gasteiger partial charge in [-0.05, 0) is 105 Å². The number of hydrogen-bond acceptors (Lipinski definition) is 8. The van der Waals surface area contributed by atoms with E-state index in [1.807, 2.05) is 29.4 Å². The molecule has 4 bridgehead atoms. The molecule has 0 spiro atoms. The molecule has 7 aliphatic rings. The SMILES string of the molecule is CC(C)(C)c1nc(C23CCC(CN(C(=O)CC45CC(F)(C4)C5)c4cc(-c5cnc6nc(C7CC7)sc6c5)ccn4)(CC2)CC3)no1. The van der Waals surface area contributed by atoms with Gasteiger partial charge in [0.2, 0.25) is 11.8 Å². The lowest BCUT2D eigenvalue weighted by molar-refractivity contribution is -0.215. The quantitative estimate of drug-likeness (QED) is 0.191. The van der Waals surface area contributed by atoms with Gasteiger partial charge in [0, 0.05) is 47.7 Å². The highest BCUT2D eigenvalue weighted by Gasteiger charge is 2.69. The molecule has 0 radical (unpaired) electrons. The fourth-order valence-electron chi connectivity index (χ4n) is 8.92. The molecule has 7 fully saturated rings. The topological polar surface area (TPSA) is 97.9 Å². The van der Waals surface area contributed by atoms with E-state index in [1.54, 1.807) is 11.3 Å². The Morgan fingerprint density at radius 2 is 1.74 bits per heavy atom. The van der Waals surface area contributed by atoms with E-state index in [4.69, 9.17) is 24.5 Å². The molecule has 0 N–H and O–H groups in total. The Morgan fingerprint density at radius 1 is 1.00 bits per heavy atom. The first-order valence-electron chi connectivity index (χ1n) is 17.0. The maximum atomic E-state index is 14.5. The van der Waals surface area contributed by atoms with E-state index in [0.717, 1.165) is 65.8 Å². The second-order valence-corrected chi connectivity index (χ2v) is 17.6. The Bertz CT molecular complexity index is 1830. The van der Waals surface area contributed by atoms with E-state index < -0.39 is 5.67 Å². The van der Waals surface area contributed by atoms with Gasteiger partial charge in [-0.2, -0.15) is 4.98 Å². The maximum Gasteiger partial charge on any atom is 0.232 e. The fraction of sp³-hybridized carbons (Fsp3) is 0.611. The summed E-state index contributed by atoms with van der Waals surface area (Å²) < 4.78 is 21.3. The van der Waals surface area contributed by atoms with Gasteiger partial charge in [0.05, 0.1) is 9.71 Å². The minimum Gasteiger partial charge on any atom is -0.339 e. The highest BCUT2D eigenvalue weighted by molar-refractivity contribution is 7.18. The van der Waals surface area contributed by atoms with Crippen LogP contribution in [0.2, 0.25) is 0 Å². The van der Waals surface area contributed by atoms with Gasteiger partial charge in [-0.15, -0.1) is 11.3 Å². The zero-order chi connectivity index (χ0) is 31.5. The number of thiazole rings is 1. The van der Waals surface area contributed by atoms with Crippen molar-refractivity contribution in [2.45, 2.75) is 120 Å². The molecule has 0 unspecified atom stereocenters. The summed E-state index contributed by atoms with van der Waals surface area (Å²) in [5.74, 6) is 2.89. The van der Waals surface area contributed by atoms with Gasteiger partial charge in [-0.1, -0.05) is 25.9 Å². The zero-order valence-electron chi connectivity index (χ0n) is 26.9. The van der Waals surface area contributed by atoms with Crippen molar-refractivity contribution < 1.29 is 13.7 Å². The summed E-state index contributed by atoms with van der Waals surface area (Å²) in [5.41, 5.74) is 1.38. The number of aromatic nitrogens is 5. The third-order valence-electron chi connectivity index (χ3n) is 11.9. The summed E-state index contributed by atoms with van der Waals surface area (Å²) in [6.07, 6.45) is 14.1. The molecule has 4 aromatic rings. The first-order valence-corrected chi connectivity index (χ1v) is 17.8. The number of nitrogens with zero attached hydrogens (tertiary/aromatic N) is 6. The van der Waals surface area contributed by atoms with Gasteiger partial charge in [-0.25, -0.2) is 19.3 Å². The Hall–Kier alpha value is -3.27. The first kappa shape index (κ1) is 28.9. The van der Waals surface area contributed by atoms with Crippen molar-refractivity contribution in [2.75, 3.05) is 11.4 Å². The predicted molar refractivity (Wildman–Crippen MR) is 175 cm³/mol. The summed E-state index contributed by atoms with van der Waals surface area (Å²) in [5, 5.41) is 5.66. The van der Waals surface area contributed by atoms with Crippen LogP contribution in [0.15, 0.2) is 35.1 Å². The fourth-order valence-corrected chi connectivity index (χ4v) is 10.1. The van der Waals surface area contributed by atoms with E-state index in [2.05, 4.69) is 32.0 Å². The van der Waals surface area contributed by atoms with Crippen LogP contribution in [0.25, 0.3) is 21.5 Å². The molecule has 7 aliphatic carbocycles. The Labute approximate surface area is 272 Å². The van der Waals surface area contributed by atoms with Crippen LogP contribution in [0, 0.1) is 10.8 Å². The van der Waals surface area contributed by atoms with E-state index in [1.165, 1.54) is 17.8 Å². The second kappa shape index (κ2) is 9.64. The smallest absolute Gasteiger partial charge is 0.232 e. The van der Waals surface area contributed by atoms with Crippen molar-refractivity contribution in [2.24, 2.45) is 10.8 Å². The largest absolute Gasteiger partial charge is 0.339 e. The molecule has 11 rings (SSSR count). The molecular weight excluding hydrogens is 600 g/mol. The molecule has 10 heteroatoms. The summed E-state index contributed by atoms with van der Waals surface area (Å²) in [4.78, 5) is 35.3. The Balaban J connectivity index is 0.993. The number of pyridine rings is 2. The van der Waals surface area contributed by atoms with Crippen molar-refractivity contribution >= 4 is 33.4 Å². The minimum atomic E-state index is -1.03. The number of carbonyl (C=O) groups excluding carboxylic acids is 1. The standard InChI is InChI=1S/C36H41FN6O2S/c1-32(2,3)31-41-30(42-45-31)35-10-7-33(8-11-35,9-12-35)21-43(27(44)16-34-18-36(37,19-34)20-34)26-15-23(6-13-38-26)24-14-25-28(39-17-24)40-29(46-25)22-4-5-22/h6,13-15,17,22H,4-5,7-12,16,18-21H2,1-3H3. The van der Waals surface area contributed by atoms with Gasteiger partial charge in [0.1, 0.15) is 11.5 Å². The lowest BCUT2D eigenvalue weighted by atomic mass is 9.41. The monoisotopic (exact) mass is 640 g/mol. The third-order valence-corrected chi connectivity index (χ3v) is 13.0. The molecule has 8 nitrogen and oxygen atoms in total. The van der Waals surface area contributed by atoms with Gasteiger partial charge in [-0.3, -0.25) is 9.69 Å². The zero-order valence-corrected chi connectivity index (χ0v) is 27.8. The van der Waals surface area contributed by atoms with Gasteiger partial charge >= 0.3 is 0 Å². The van der Waals surface area contributed by atoms with Crippen molar-refractivity contribution in [1.29, 1.82) is 0 Å². The van der Waals surface area contributed by atoms with Crippen molar-refractivity contribution in [3.05, 3.63) is 47.3 Å². The van der Waals surface area contributed by atoms with Crippen LogP contribution >= 0.6 is 11.3 Å². The lowest BCUT2D eigenvalue weighted by Crippen LogP contribution is -2.65. The molecule has 0 atom stereocenters. The molecule has 4 aromatic heterocycles. The summed E-state index contributed by atoms with van der Waals surface area (Å²) in [7, 11) is 0. The molecule has 46 heavy (non-hydrogen) atoms. The van der Waals surface area contributed by atoms with E-state index in [9.17, 15) is 9.18 Å². The summed E-state index contributed by atoms with van der Waals surface area (Å²) in [6, 6.07) is 6.21. The second-order valence-electron chi connectivity index (χ2n) is 16.6. The number of rotatable bonds is 8. The molecule has 7 saturated carbocycles. The van der Waals surface area contributed by atoms with Gasteiger partial charge in [0.15, 0.2) is 11.5 Å². The predicted octanol–water partition coefficient (Wildman–Crippen LogP) is 8.22. The highest BCUT2D eigenvalue weighted by atomic mass is 32.1. The molecule has 1 amide bonds. The lowest BCUT2D eigenvalue weighted by Gasteiger charge is -2.66. The van der Waals surface area contributed by atoms with Crippen LogP contribution in [0.4, 0.5) is 10.2 Å². The van der Waals surface area contributed by atoms with E-state index in [0.29, 0.717) is 49.9 Å². The highest BCUT2D eigenvalue weighted by Crippen LogP contribution is 2.71. The number of hydrogen-bond donors (Lipinski definition) is 0. The third kappa shape index (κ3) is 4.72. The number of amides is 1. The number of anilines is 1. The van der Waals surface area contributed by atoms with Crippen LogP contribution in [0.5, 0.6) is 0 Å². The molecule has 0 saturated heterocycles. The average Bonchev–Trinajstić information content (AvgIpc) is 3.56. The number of fused-ring (bicyclic) bond motifs is 4. The number of halogens is 1. The molecule has 0 aromatic carbocycles. The van der Waals surface area contributed by atoms with Crippen molar-refractivity contribution in [3.63, 3.8) is 0 Å². The average molecular weight is 641 g/mol. The molecule has 240 valence electrons. The maximum absolute atomic E-state index is 14.5.